The number of nitrogens with two attached hydrogens (primary N) is 1. The van der Waals surface area contributed by atoms with Gasteiger partial charge < -0.3 is 15.8 Å². The summed E-state index contributed by atoms with van der Waals surface area (Å²) in [5, 5.41) is 4.07. The number of ether oxygens (including phenoxy) is 1. The minimum atomic E-state index is 0.00833. The van der Waals surface area contributed by atoms with Crippen molar-refractivity contribution in [3.05, 3.63) is 57.5 Å². The average molecular weight is 356 g/mol. The molecule has 0 aliphatic carbocycles. The van der Waals surface area contributed by atoms with Crippen molar-refractivity contribution in [2.24, 2.45) is 5.73 Å². The maximum atomic E-state index is 6.13. The number of rotatable bonds is 5. The van der Waals surface area contributed by atoms with Gasteiger partial charge in [0.1, 0.15) is 5.75 Å². The summed E-state index contributed by atoms with van der Waals surface area (Å²) < 4.78 is 6.02. The van der Waals surface area contributed by atoms with Gasteiger partial charge in [0.05, 0.1) is 18.2 Å². The maximum Gasteiger partial charge on any atom is 0.119 e. The molecule has 2 aromatic rings. The molecule has 106 valence electrons. The molecule has 0 amide bonds. The van der Waals surface area contributed by atoms with E-state index in [1.807, 2.05) is 42.5 Å². The maximum absolute atomic E-state index is 6.13. The molecule has 3 nitrogen and oxygen atoms in total. The van der Waals surface area contributed by atoms with Crippen LogP contribution >= 0.6 is 27.5 Å². The second-order valence-electron chi connectivity index (χ2n) is 4.33. The van der Waals surface area contributed by atoms with Gasteiger partial charge in [-0.1, -0.05) is 17.7 Å². The molecule has 1 unspecified atom stereocenters. The van der Waals surface area contributed by atoms with Gasteiger partial charge in [0.25, 0.3) is 0 Å². The Balaban J connectivity index is 2.16. The van der Waals surface area contributed by atoms with Gasteiger partial charge in [-0.2, -0.15) is 0 Å². The Kier molecular flexibility index (Phi) is 5.29. The zero-order chi connectivity index (χ0) is 14.5. The van der Waals surface area contributed by atoms with Crippen molar-refractivity contribution >= 4 is 33.2 Å². The largest absolute Gasteiger partial charge is 0.497 e. The lowest BCUT2D eigenvalue weighted by Crippen LogP contribution is -2.20. The topological polar surface area (TPSA) is 47.3 Å². The summed E-state index contributed by atoms with van der Waals surface area (Å²) in [5.74, 6) is 0.825. The lowest BCUT2D eigenvalue weighted by Gasteiger charge is -2.19. The summed E-state index contributed by atoms with van der Waals surface area (Å²) in [6.07, 6.45) is 0. The van der Waals surface area contributed by atoms with E-state index in [9.17, 15) is 0 Å². The molecule has 20 heavy (non-hydrogen) atoms. The summed E-state index contributed by atoms with van der Waals surface area (Å²) in [4.78, 5) is 0. The monoisotopic (exact) mass is 354 g/mol. The van der Waals surface area contributed by atoms with Gasteiger partial charge in [0, 0.05) is 16.7 Å². The molecule has 0 bridgehead atoms. The Labute approximate surface area is 132 Å². The Morgan fingerprint density at radius 2 is 1.95 bits per heavy atom. The van der Waals surface area contributed by atoms with Gasteiger partial charge in [0.2, 0.25) is 0 Å². The third kappa shape index (κ3) is 3.66. The fraction of sp³-hybridized carbons (Fsp3) is 0.200. The summed E-state index contributed by atoms with van der Waals surface area (Å²) in [6, 6.07) is 13.6. The van der Waals surface area contributed by atoms with Crippen molar-refractivity contribution in [1.29, 1.82) is 0 Å². The third-order valence-corrected chi connectivity index (χ3v) is 4.25. The average Bonchev–Trinajstić information content (AvgIpc) is 2.48. The van der Waals surface area contributed by atoms with Crippen molar-refractivity contribution < 1.29 is 4.74 Å². The molecule has 0 fully saturated rings. The summed E-state index contributed by atoms with van der Waals surface area (Å²) in [5.41, 5.74) is 7.89. The van der Waals surface area contributed by atoms with Gasteiger partial charge >= 0.3 is 0 Å². The molecule has 0 aromatic heterocycles. The van der Waals surface area contributed by atoms with Crippen LogP contribution in [-0.4, -0.2) is 13.7 Å². The number of benzene rings is 2. The second kappa shape index (κ2) is 6.97. The van der Waals surface area contributed by atoms with Gasteiger partial charge in [-0.15, -0.1) is 0 Å². The van der Waals surface area contributed by atoms with E-state index in [0.717, 1.165) is 21.5 Å². The van der Waals surface area contributed by atoms with Gasteiger partial charge in [0.15, 0.2) is 0 Å². The van der Waals surface area contributed by atoms with Crippen LogP contribution in [0.25, 0.3) is 0 Å². The smallest absolute Gasteiger partial charge is 0.119 e. The van der Waals surface area contributed by atoms with Gasteiger partial charge in [-0.3, -0.25) is 0 Å². The highest BCUT2D eigenvalue weighted by Crippen LogP contribution is 2.27. The van der Waals surface area contributed by atoms with Crippen LogP contribution in [0.4, 0.5) is 5.69 Å². The highest BCUT2D eigenvalue weighted by molar-refractivity contribution is 9.10. The van der Waals surface area contributed by atoms with E-state index in [2.05, 4.69) is 21.2 Å². The molecule has 0 aliphatic heterocycles. The van der Waals surface area contributed by atoms with Crippen molar-refractivity contribution in [2.75, 3.05) is 19.0 Å². The van der Waals surface area contributed by atoms with Crippen LogP contribution < -0.4 is 15.8 Å². The first-order valence-corrected chi connectivity index (χ1v) is 7.36. The first-order chi connectivity index (χ1) is 9.63. The number of anilines is 1. The van der Waals surface area contributed by atoms with Gasteiger partial charge in [-0.05, 0) is 57.9 Å². The number of halogens is 2. The van der Waals surface area contributed by atoms with Crippen molar-refractivity contribution in [1.82, 2.24) is 0 Å². The fourth-order valence-corrected chi connectivity index (χ4v) is 2.33. The highest BCUT2D eigenvalue weighted by atomic mass is 79.9. The predicted octanol–water partition coefficient (Wildman–Crippen LogP) is 4.22. The van der Waals surface area contributed by atoms with Crippen LogP contribution in [0.5, 0.6) is 5.75 Å². The number of methoxy groups -OCH3 is 1. The Morgan fingerprint density at radius 3 is 2.50 bits per heavy atom. The predicted molar refractivity (Wildman–Crippen MR) is 87.6 cm³/mol. The summed E-state index contributed by atoms with van der Waals surface area (Å²) >= 11 is 9.51. The number of nitrogens with one attached hydrogen (secondary N) is 1. The molecule has 2 rings (SSSR count). The molecule has 3 N–H and O–H groups in total. The molecule has 2 aromatic carbocycles. The zero-order valence-corrected chi connectivity index (χ0v) is 13.4. The van der Waals surface area contributed by atoms with Crippen molar-refractivity contribution in [3.8, 4) is 5.75 Å². The van der Waals surface area contributed by atoms with Gasteiger partial charge in [-0.25, -0.2) is 0 Å². The van der Waals surface area contributed by atoms with E-state index in [1.54, 1.807) is 7.11 Å². The van der Waals surface area contributed by atoms with E-state index in [-0.39, 0.29) is 6.04 Å². The molecule has 1 atom stereocenters. The first-order valence-electron chi connectivity index (χ1n) is 6.19. The number of hydrogen-bond donors (Lipinski definition) is 2. The Morgan fingerprint density at radius 1 is 1.25 bits per heavy atom. The summed E-state index contributed by atoms with van der Waals surface area (Å²) in [6.45, 7) is 0.476. The molecular formula is C15H16BrClN2O. The minimum Gasteiger partial charge on any atom is -0.497 e. The molecule has 0 radical (unpaired) electrons. The Hall–Kier alpha value is -1.23. The summed E-state index contributed by atoms with van der Waals surface area (Å²) in [7, 11) is 1.65. The molecule has 0 spiro atoms. The highest BCUT2D eigenvalue weighted by Gasteiger charge is 2.11. The van der Waals surface area contributed by atoms with Crippen LogP contribution in [0.1, 0.15) is 11.6 Å². The first kappa shape index (κ1) is 15.2. The second-order valence-corrected chi connectivity index (χ2v) is 5.60. The van der Waals surface area contributed by atoms with E-state index in [4.69, 9.17) is 22.1 Å². The molecule has 0 saturated heterocycles. The van der Waals surface area contributed by atoms with Crippen molar-refractivity contribution in [2.45, 2.75) is 6.04 Å². The quantitative estimate of drug-likeness (QED) is 0.844. The van der Waals surface area contributed by atoms with Crippen molar-refractivity contribution in [3.63, 3.8) is 0 Å². The van der Waals surface area contributed by atoms with Crippen LogP contribution in [0.3, 0.4) is 0 Å². The van der Waals surface area contributed by atoms with E-state index in [0.29, 0.717) is 11.6 Å². The molecule has 5 heteroatoms. The van der Waals surface area contributed by atoms with E-state index < -0.39 is 0 Å². The molecular weight excluding hydrogens is 340 g/mol. The number of hydrogen-bond acceptors (Lipinski definition) is 3. The third-order valence-electron chi connectivity index (χ3n) is 3.01. The van der Waals surface area contributed by atoms with Crippen LogP contribution in [0.2, 0.25) is 5.02 Å². The lowest BCUT2D eigenvalue weighted by atomic mass is 10.1. The van der Waals surface area contributed by atoms with Crippen LogP contribution in [0.15, 0.2) is 46.9 Å². The standard InChI is InChI=1S/C15H16BrClN2O/c1-20-12-5-3-11(4-6-12)19-15(9-18)10-2-7-13(16)14(17)8-10/h2-8,15,19H,9,18H2,1H3. The molecule has 0 heterocycles. The molecule has 0 aliphatic rings. The molecule has 0 saturated carbocycles. The Bertz CT molecular complexity index is 575. The van der Waals surface area contributed by atoms with Crippen LogP contribution in [-0.2, 0) is 0 Å². The zero-order valence-electron chi connectivity index (χ0n) is 11.1. The normalized spacial score (nSPS) is 12.0. The minimum absolute atomic E-state index is 0.00833. The SMILES string of the molecule is COc1ccc(NC(CN)c2ccc(Br)c(Cl)c2)cc1. The van der Waals surface area contributed by atoms with Crippen LogP contribution in [0, 0.1) is 0 Å². The van der Waals surface area contributed by atoms with E-state index in [1.165, 1.54) is 0 Å². The fourth-order valence-electron chi connectivity index (χ4n) is 1.90. The van der Waals surface area contributed by atoms with E-state index >= 15 is 0 Å². The lowest BCUT2D eigenvalue weighted by molar-refractivity contribution is 0.415.